The average molecular weight is 355 g/mol. The SMILES string of the molecule is CCCC[C@H](c1cccc(C(F)(F)F)c1F)N1CCNCC1.Cl. The van der Waals surface area contributed by atoms with E-state index in [1.807, 2.05) is 6.92 Å². The molecule has 0 saturated carbocycles. The Hall–Kier alpha value is -0.850. The molecule has 1 aliphatic rings. The maximum absolute atomic E-state index is 14.4. The van der Waals surface area contributed by atoms with Gasteiger partial charge in [0.05, 0.1) is 5.56 Å². The first-order valence-electron chi connectivity index (χ1n) is 7.75. The average Bonchev–Trinajstić information content (AvgIpc) is 2.49. The van der Waals surface area contributed by atoms with E-state index in [-0.39, 0.29) is 24.0 Å². The van der Waals surface area contributed by atoms with Crippen LogP contribution < -0.4 is 5.32 Å². The molecule has 0 amide bonds. The van der Waals surface area contributed by atoms with Gasteiger partial charge in [-0.15, -0.1) is 12.4 Å². The van der Waals surface area contributed by atoms with E-state index < -0.39 is 17.6 Å². The second kappa shape index (κ2) is 8.85. The predicted molar refractivity (Wildman–Crippen MR) is 85.4 cm³/mol. The fraction of sp³-hybridized carbons (Fsp3) is 0.625. The summed E-state index contributed by atoms with van der Waals surface area (Å²) in [5, 5.41) is 3.21. The summed E-state index contributed by atoms with van der Waals surface area (Å²) >= 11 is 0. The van der Waals surface area contributed by atoms with Crippen molar-refractivity contribution in [2.75, 3.05) is 26.2 Å². The molecule has 1 saturated heterocycles. The molecule has 132 valence electrons. The Morgan fingerprint density at radius 3 is 2.43 bits per heavy atom. The highest BCUT2D eigenvalue weighted by atomic mass is 35.5. The highest BCUT2D eigenvalue weighted by Gasteiger charge is 2.36. The Balaban J connectivity index is 0.00000264. The van der Waals surface area contributed by atoms with Crippen molar-refractivity contribution in [3.63, 3.8) is 0 Å². The van der Waals surface area contributed by atoms with Gasteiger partial charge >= 0.3 is 6.18 Å². The summed E-state index contributed by atoms with van der Waals surface area (Å²) in [7, 11) is 0. The van der Waals surface area contributed by atoms with Gasteiger partial charge in [0.1, 0.15) is 5.82 Å². The minimum atomic E-state index is -4.65. The molecule has 0 bridgehead atoms. The molecule has 7 heteroatoms. The zero-order valence-electron chi connectivity index (χ0n) is 13.1. The van der Waals surface area contributed by atoms with E-state index in [2.05, 4.69) is 10.2 Å². The van der Waals surface area contributed by atoms with Gasteiger partial charge in [-0.2, -0.15) is 13.2 Å². The Morgan fingerprint density at radius 1 is 1.22 bits per heavy atom. The standard InChI is InChI=1S/C16H22F4N2.ClH/c1-2-3-7-14(22-10-8-21-9-11-22)12-5-4-6-13(15(12)17)16(18,19)20;/h4-6,14,21H,2-3,7-11H2,1H3;1H/t14-;/m1./s1. The largest absolute Gasteiger partial charge is 0.419 e. The van der Waals surface area contributed by atoms with E-state index >= 15 is 0 Å². The number of alkyl halides is 3. The van der Waals surface area contributed by atoms with E-state index in [4.69, 9.17) is 0 Å². The van der Waals surface area contributed by atoms with Gasteiger partial charge in [0, 0.05) is 37.8 Å². The number of piperazine rings is 1. The number of nitrogens with one attached hydrogen (secondary N) is 1. The molecular weight excluding hydrogens is 332 g/mol. The molecule has 0 spiro atoms. The van der Waals surface area contributed by atoms with Crippen molar-refractivity contribution in [1.29, 1.82) is 0 Å². The molecular formula is C16H23ClF4N2. The topological polar surface area (TPSA) is 15.3 Å². The molecule has 1 aliphatic heterocycles. The number of benzene rings is 1. The summed E-state index contributed by atoms with van der Waals surface area (Å²) in [5.41, 5.74) is -0.994. The lowest BCUT2D eigenvalue weighted by Crippen LogP contribution is -2.45. The van der Waals surface area contributed by atoms with Gasteiger partial charge in [-0.1, -0.05) is 31.9 Å². The highest BCUT2D eigenvalue weighted by Crippen LogP contribution is 2.36. The van der Waals surface area contributed by atoms with Gasteiger partial charge in [0.25, 0.3) is 0 Å². The molecule has 0 aliphatic carbocycles. The zero-order chi connectivity index (χ0) is 16.2. The molecule has 0 unspecified atom stereocenters. The Kier molecular flexibility index (Phi) is 7.77. The number of halogens is 5. The molecule has 0 radical (unpaired) electrons. The van der Waals surface area contributed by atoms with Crippen LogP contribution in [0.5, 0.6) is 0 Å². The number of hydrogen-bond donors (Lipinski definition) is 1. The first-order chi connectivity index (χ1) is 10.4. The molecule has 2 rings (SSSR count). The van der Waals surface area contributed by atoms with Crippen LogP contribution in [-0.2, 0) is 6.18 Å². The molecule has 1 aromatic carbocycles. The number of rotatable bonds is 5. The second-order valence-electron chi connectivity index (χ2n) is 5.65. The Bertz CT molecular complexity index is 487. The molecule has 23 heavy (non-hydrogen) atoms. The van der Waals surface area contributed by atoms with E-state index in [1.165, 1.54) is 12.1 Å². The minimum absolute atomic E-state index is 0. The van der Waals surface area contributed by atoms with Crippen LogP contribution in [0.15, 0.2) is 18.2 Å². The third-order valence-corrected chi connectivity index (χ3v) is 4.12. The van der Waals surface area contributed by atoms with Crippen LogP contribution in [0.2, 0.25) is 0 Å². The summed E-state index contributed by atoms with van der Waals surface area (Å²) in [6, 6.07) is 3.33. The van der Waals surface area contributed by atoms with E-state index in [1.54, 1.807) is 0 Å². The van der Waals surface area contributed by atoms with Crippen LogP contribution in [0.1, 0.15) is 43.4 Å². The first-order valence-corrected chi connectivity index (χ1v) is 7.75. The summed E-state index contributed by atoms with van der Waals surface area (Å²) in [6.45, 7) is 5.04. The minimum Gasteiger partial charge on any atom is -0.314 e. The first kappa shape index (κ1) is 20.2. The van der Waals surface area contributed by atoms with Crippen molar-refractivity contribution < 1.29 is 17.6 Å². The lowest BCUT2D eigenvalue weighted by atomic mass is 9.96. The van der Waals surface area contributed by atoms with Gasteiger partial charge in [-0.25, -0.2) is 4.39 Å². The van der Waals surface area contributed by atoms with Crippen molar-refractivity contribution in [3.8, 4) is 0 Å². The summed E-state index contributed by atoms with van der Waals surface area (Å²) in [5.74, 6) is -1.12. The van der Waals surface area contributed by atoms with Crippen molar-refractivity contribution in [2.24, 2.45) is 0 Å². The van der Waals surface area contributed by atoms with Gasteiger partial charge in [0.2, 0.25) is 0 Å². The molecule has 1 fully saturated rings. The lowest BCUT2D eigenvalue weighted by Gasteiger charge is -2.35. The number of nitrogens with zero attached hydrogens (tertiary/aromatic N) is 1. The van der Waals surface area contributed by atoms with Gasteiger partial charge in [-0.05, 0) is 12.5 Å². The van der Waals surface area contributed by atoms with Crippen molar-refractivity contribution in [2.45, 2.75) is 38.4 Å². The lowest BCUT2D eigenvalue weighted by molar-refractivity contribution is -0.140. The van der Waals surface area contributed by atoms with Crippen LogP contribution in [0.25, 0.3) is 0 Å². The van der Waals surface area contributed by atoms with E-state index in [9.17, 15) is 17.6 Å². The molecule has 0 aromatic heterocycles. The van der Waals surface area contributed by atoms with Crippen molar-refractivity contribution in [1.82, 2.24) is 10.2 Å². The van der Waals surface area contributed by atoms with Crippen LogP contribution in [0.4, 0.5) is 17.6 Å². The van der Waals surface area contributed by atoms with Crippen molar-refractivity contribution in [3.05, 3.63) is 35.1 Å². The second-order valence-corrected chi connectivity index (χ2v) is 5.65. The monoisotopic (exact) mass is 354 g/mol. The maximum atomic E-state index is 14.4. The predicted octanol–water partition coefficient (Wildman–Crippen LogP) is 4.40. The number of hydrogen-bond acceptors (Lipinski definition) is 2. The van der Waals surface area contributed by atoms with E-state index in [0.717, 1.165) is 45.1 Å². The summed E-state index contributed by atoms with van der Waals surface area (Å²) < 4.78 is 53.2. The molecule has 2 nitrogen and oxygen atoms in total. The Morgan fingerprint density at radius 2 is 1.87 bits per heavy atom. The van der Waals surface area contributed by atoms with Crippen LogP contribution in [0.3, 0.4) is 0 Å². The third kappa shape index (κ3) is 5.06. The summed E-state index contributed by atoms with van der Waals surface area (Å²) in [6.07, 6.45) is -2.18. The smallest absolute Gasteiger partial charge is 0.314 e. The quantitative estimate of drug-likeness (QED) is 0.788. The van der Waals surface area contributed by atoms with Gasteiger partial charge < -0.3 is 5.32 Å². The molecule has 1 N–H and O–H groups in total. The number of unbranched alkanes of at least 4 members (excludes halogenated alkanes) is 1. The zero-order valence-corrected chi connectivity index (χ0v) is 13.9. The highest BCUT2D eigenvalue weighted by molar-refractivity contribution is 5.85. The molecule has 1 aromatic rings. The fourth-order valence-electron chi connectivity index (χ4n) is 2.95. The van der Waals surface area contributed by atoms with Crippen LogP contribution in [0, 0.1) is 5.82 Å². The third-order valence-electron chi connectivity index (χ3n) is 4.12. The van der Waals surface area contributed by atoms with Gasteiger partial charge in [-0.3, -0.25) is 4.90 Å². The van der Waals surface area contributed by atoms with Gasteiger partial charge in [0.15, 0.2) is 0 Å². The van der Waals surface area contributed by atoms with E-state index in [0.29, 0.717) is 6.42 Å². The normalized spacial score (nSPS) is 17.6. The van der Waals surface area contributed by atoms with Crippen LogP contribution >= 0.6 is 12.4 Å². The fourth-order valence-corrected chi connectivity index (χ4v) is 2.95. The molecule has 1 heterocycles. The van der Waals surface area contributed by atoms with Crippen LogP contribution in [-0.4, -0.2) is 31.1 Å². The molecule has 1 atom stereocenters. The summed E-state index contributed by atoms with van der Waals surface area (Å²) in [4.78, 5) is 2.09. The Labute approximate surface area is 140 Å². The maximum Gasteiger partial charge on any atom is 0.419 e. The van der Waals surface area contributed by atoms with Crippen molar-refractivity contribution >= 4 is 12.4 Å².